The molecule has 12 heavy (non-hydrogen) atoms. The smallest absolute Gasteiger partial charge is 0.0894 e. The molecule has 0 unspecified atom stereocenters. The molecule has 0 bridgehead atoms. The summed E-state index contributed by atoms with van der Waals surface area (Å²) in [6, 6.07) is 0. The first-order valence-corrected chi connectivity index (χ1v) is 5.53. The second kappa shape index (κ2) is 3.09. The van der Waals surface area contributed by atoms with Gasteiger partial charge in [0.05, 0.1) is 5.00 Å². The number of anilines is 1. The van der Waals surface area contributed by atoms with Crippen LogP contribution >= 0.6 is 11.3 Å². The third-order valence-electron chi connectivity index (χ3n) is 2.66. The van der Waals surface area contributed by atoms with Crippen LogP contribution in [0.3, 0.4) is 0 Å². The highest BCUT2D eigenvalue weighted by atomic mass is 32.1. The van der Waals surface area contributed by atoms with E-state index < -0.39 is 0 Å². The lowest BCUT2D eigenvalue weighted by Gasteiger charge is -2.12. The van der Waals surface area contributed by atoms with Crippen LogP contribution in [0.15, 0.2) is 0 Å². The third-order valence-corrected chi connectivity index (χ3v) is 3.90. The summed E-state index contributed by atoms with van der Waals surface area (Å²) in [6.07, 6.45) is 6.33. The molecule has 0 spiro atoms. The van der Waals surface area contributed by atoms with Crippen LogP contribution in [0.2, 0.25) is 0 Å². The maximum Gasteiger partial charge on any atom is 0.0894 e. The molecular weight excluding hydrogens is 166 g/mol. The van der Waals surface area contributed by atoms with Crippen molar-refractivity contribution in [1.82, 2.24) is 0 Å². The Hall–Kier alpha value is -0.500. The van der Waals surface area contributed by atoms with Gasteiger partial charge in [-0.25, -0.2) is 0 Å². The number of hydrogen-bond acceptors (Lipinski definition) is 2. The fourth-order valence-corrected chi connectivity index (χ4v) is 3.13. The molecular formula is C10H15NS. The zero-order chi connectivity index (χ0) is 8.55. The summed E-state index contributed by atoms with van der Waals surface area (Å²) in [5, 5.41) is 1.08. The number of hydrogen-bond donors (Lipinski definition) is 1. The first-order chi connectivity index (χ1) is 5.83. The summed E-state index contributed by atoms with van der Waals surface area (Å²) < 4.78 is 0. The number of fused-ring (bicyclic) bond motifs is 1. The van der Waals surface area contributed by atoms with Gasteiger partial charge >= 0.3 is 0 Å². The number of nitrogens with two attached hydrogens (primary N) is 1. The molecule has 66 valence electrons. The number of thiophene rings is 1. The van der Waals surface area contributed by atoms with Crippen molar-refractivity contribution in [3.05, 3.63) is 16.0 Å². The van der Waals surface area contributed by atoms with Crippen molar-refractivity contribution in [3.63, 3.8) is 0 Å². The fourth-order valence-electron chi connectivity index (χ4n) is 2.03. The summed E-state index contributed by atoms with van der Waals surface area (Å²) in [5.41, 5.74) is 9.02. The van der Waals surface area contributed by atoms with Crippen molar-refractivity contribution in [3.8, 4) is 0 Å². The minimum absolute atomic E-state index is 1.08. The first kappa shape index (κ1) is 8.11. The molecule has 0 atom stereocenters. The Kier molecular flexibility index (Phi) is 2.09. The molecule has 1 aromatic heterocycles. The summed E-state index contributed by atoms with van der Waals surface area (Å²) in [7, 11) is 0. The van der Waals surface area contributed by atoms with E-state index in [1.54, 1.807) is 5.56 Å². The molecule has 1 aromatic rings. The van der Waals surface area contributed by atoms with E-state index in [4.69, 9.17) is 5.73 Å². The topological polar surface area (TPSA) is 26.0 Å². The van der Waals surface area contributed by atoms with Crippen molar-refractivity contribution < 1.29 is 0 Å². The molecule has 2 N–H and O–H groups in total. The maximum absolute atomic E-state index is 5.96. The quantitative estimate of drug-likeness (QED) is 0.708. The lowest BCUT2D eigenvalue weighted by atomic mass is 9.93. The SMILES string of the molecule is CCc1sc(N)c2c1CCCC2. The van der Waals surface area contributed by atoms with Gasteiger partial charge in [0.1, 0.15) is 0 Å². The second-order valence-electron chi connectivity index (χ2n) is 3.41. The second-order valence-corrected chi connectivity index (χ2v) is 4.54. The molecule has 0 saturated heterocycles. The van der Waals surface area contributed by atoms with E-state index in [1.165, 1.54) is 36.1 Å². The van der Waals surface area contributed by atoms with Gasteiger partial charge in [-0.2, -0.15) is 0 Å². The molecule has 0 radical (unpaired) electrons. The molecule has 1 nitrogen and oxygen atoms in total. The first-order valence-electron chi connectivity index (χ1n) is 4.71. The number of rotatable bonds is 1. The predicted molar refractivity (Wildman–Crippen MR) is 54.8 cm³/mol. The summed E-state index contributed by atoms with van der Waals surface area (Å²) >= 11 is 1.81. The molecule has 1 aliphatic rings. The van der Waals surface area contributed by atoms with Gasteiger partial charge in [-0.1, -0.05) is 6.92 Å². The lowest BCUT2D eigenvalue weighted by molar-refractivity contribution is 0.686. The van der Waals surface area contributed by atoms with Crippen LogP contribution in [0.5, 0.6) is 0 Å². The Morgan fingerprint density at radius 2 is 1.92 bits per heavy atom. The summed E-state index contributed by atoms with van der Waals surface area (Å²) in [5.74, 6) is 0. The predicted octanol–water partition coefficient (Wildman–Crippen LogP) is 2.77. The van der Waals surface area contributed by atoms with E-state index in [1.807, 2.05) is 11.3 Å². The van der Waals surface area contributed by atoms with Gasteiger partial charge in [0, 0.05) is 4.88 Å². The standard InChI is InChI=1S/C10H15NS/c1-2-9-7-5-3-4-6-8(7)10(11)12-9/h2-6,11H2,1H3. The van der Waals surface area contributed by atoms with Crippen molar-refractivity contribution in [2.75, 3.05) is 5.73 Å². The zero-order valence-corrected chi connectivity index (χ0v) is 8.34. The highest BCUT2D eigenvalue weighted by Gasteiger charge is 2.17. The van der Waals surface area contributed by atoms with Gasteiger partial charge in [0.15, 0.2) is 0 Å². The Labute approximate surface area is 77.6 Å². The number of nitrogen functional groups attached to an aromatic ring is 1. The third kappa shape index (κ3) is 1.14. The molecule has 0 fully saturated rings. The van der Waals surface area contributed by atoms with Gasteiger partial charge in [-0.15, -0.1) is 11.3 Å². The minimum Gasteiger partial charge on any atom is -0.390 e. The average molecular weight is 181 g/mol. The molecule has 1 heterocycles. The van der Waals surface area contributed by atoms with Gasteiger partial charge < -0.3 is 5.73 Å². The molecule has 0 aromatic carbocycles. The molecule has 0 amide bonds. The molecule has 2 heteroatoms. The van der Waals surface area contributed by atoms with E-state index in [9.17, 15) is 0 Å². The van der Waals surface area contributed by atoms with E-state index in [-0.39, 0.29) is 0 Å². The molecule has 0 aliphatic heterocycles. The maximum atomic E-state index is 5.96. The average Bonchev–Trinajstić information content (AvgIpc) is 2.44. The molecule has 1 aliphatic carbocycles. The normalized spacial score (nSPS) is 16.1. The van der Waals surface area contributed by atoms with Crippen molar-refractivity contribution in [2.24, 2.45) is 0 Å². The van der Waals surface area contributed by atoms with Crippen LogP contribution in [0, 0.1) is 0 Å². The molecule has 0 saturated carbocycles. The van der Waals surface area contributed by atoms with Crippen LogP contribution in [0.1, 0.15) is 35.8 Å². The monoisotopic (exact) mass is 181 g/mol. The van der Waals surface area contributed by atoms with Crippen LogP contribution in [-0.2, 0) is 19.3 Å². The summed E-state index contributed by atoms with van der Waals surface area (Å²) in [6.45, 7) is 2.22. The van der Waals surface area contributed by atoms with Gasteiger partial charge in [0.2, 0.25) is 0 Å². The van der Waals surface area contributed by atoms with Crippen LogP contribution in [-0.4, -0.2) is 0 Å². The fraction of sp³-hybridized carbons (Fsp3) is 0.600. The lowest BCUT2D eigenvalue weighted by Crippen LogP contribution is -2.02. The van der Waals surface area contributed by atoms with Crippen LogP contribution < -0.4 is 5.73 Å². The van der Waals surface area contributed by atoms with Gasteiger partial charge in [-0.05, 0) is 43.2 Å². The Balaban J connectivity index is 2.47. The van der Waals surface area contributed by atoms with E-state index in [2.05, 4.69) is 6.92 Å². The Bertz CT molecular complexity index is 288. The van der Waals surface area contributed by atoms with E-state index in [0.717, 1.165) is 11.4 Å². The van der Waals surface area contributed by atoms with Crippen LogP contribution in [0.25, 0.3) is 0 Å². The minimum atomic E-state index is 1.08. The zero-order valence-electron chi connectivity index (χ0n) is 7.52. The highest BCUT2D eigenvalue weighted by molar-refractivity contribution is 7.16. The Morgan fingerprint density at radius 3 is 2.58 bits per heavy atom. The van der Waals surface area contributed by atoms with Crippen molar-refractivity contribution in [2.45, 2.75) is 39.0 Å². The largest absolute Gasteiger partial charge is 0.390 e. The van der Waals surface area contributed by atoms with Crippen molar-refractivity contribution >= 4 is 16.3 Å². The van der Waals surface area contributed by atoms with Gasteiger partial charge in [-0.3, -0.25) is 0 Å². The van der Waals surface area contributed by atoms with Gasteiger partial charge in [0.25, 0.3) is 0 Å². The number of aryl methyl sites for hydroxylation is 1. The van der Waals surface area contributed by atoms with Crippen LogP contribution in [0.4, 0.5) is 5.00 Å². The van der Waals surface area contributed by atoms with E-state index >= 15 is 0 Å². The van der Waals surface area contributed by atoms with Crippen molar-refractivity contribution in [1.29, 1.82) is 0 Å². The summed E-state index contributed by atoms with van der Waals surface area (Å²) in [4.78, 5) is 1.53. The molecule has 2 rings (SSSR count). The highest BCUT2D eigenvalue weighted by Crippen LogP contribution is 2.36. The Morgan fingerprint density at radius 1 is 1.25 bits per heavy atom. The van der Waals surface area contributed by atoms with E-state index in [0.29, 0.717) is 0 Å².